The maximum absolute atomic E-state index is 6.01. The van der Waals surface area contributed by atoms with Crippen molar-refractivity contribution in [1.82, 2.24) is 14.6 Å². The van der Waals surface area contributed by atoms with Gasteiger partial charge in [-0.25, -0.2) is 4.52 Å². The molecule has 0 aliphatic rings. The third-order valence-electron chi connectivity index (χ3n) is 1.74. The minimum atomic E-state index is 0.583. The van der Waals surface area contributed by atoms with Crippen molar-refractivity contribution in [3.8, 4) is 0 Å². The highest BCUT2D eigenvalue weighted by Crippen LogP contribution is 2.22. The van der Waals surface area contributed by atoms with E-state index < -0.39 is 0 Å². The first-order valence-electron chi connectivity index (χ1n) is 3.96. The van der Waals surface area contributed by atoms with Crippen LogP contribution >= 0.6 is 27.5 Å². The molecule has 0 aromatic carbocycles. The SMILES string of the molecule is CN(C)c1nc2c(Cl)cc(Br)cn2n1. The summed E-state index contributed by atoms with van der Waals surface area (Å²) >= 11 is 9.35. The van der Waals surface area contributed by atoms with Crippen molar-refractivity contribution < 1.29 is 0 Å². The lowest BCUT2D eigenvalue weighted by molar-refractivity contribution is 0.924. The number of hydrogen-bond acceptors (Lipinski definition) is 3. The molecule has 2 heterocycles. The predicted octanol–water partition coefficient (Wildman–Crippen LogP) is 2.21. The first kappa shape index (κ1) is 9.73. The van der Waals surface area contributed by atoms with Gasteiger partial charge in [-0.1, -0.05) is 11.6 Å². The van der Waals surface area contributed by atoms with Gasteiger partial charge in [0.05, 0.1) is 5.02 Å². The van der Waals surface area contributed by atoms with Crippen molar-refractivity contribution in [1.29, 1.82) is 0 Å². The van der Waals surface area contributed by atoms with Crippen LogP contribution in [-0.2, 0) is 0 Å². The molecule has 0 bridgehead atoms. The van der Waals surface area contributed by atoms with Gasteiger partial charge in [-0.05, 0) is 22.0 Å². The average molecular weight is 276 g/mol. The van der Waals surface area contributed by atoms with Crippen molar-refractivity contribution in [2.24, 2.45) is 0 Å². The number of rotatable bonds is 1. The zero-order valence-electron chi connectivity index (χ0n) is 7.70. The molecule has 0 amide bonds. The van der Waals surface area contributed by atoms with Crippen molar-refractivity contribution in [3.05, 3.63) is 21.8 Å². The van der Waals surface area contributed by atoms with E-state index in [-0.39, 0.29) is 0 Å². The smallest absolute Gasteiger partial charge is 0.245 e. The quantitative estimate of drug-likeness (QED) is 0.800. The van der Waals surface area contributed by atoms with Crippen LogP contribution in [0.3, 0.4) is 0 Å². The summed E-state index contributed by atoms with van der Waals surface area (Å²) in [5, 5.41) is 4.83. The summed E-state index contributed by atoms with van der Waals surface area (Å²) in [7, 11) is 3.77. The molecule has 4 nitrogen and oxygen atoms in total. The maximum atomic E-state index is 6.01. The van der Waals surface area contributed by atoms with Crippen molar-refractivity contribution in [3.63, 3.8) is 0 Å². The van der Waals surface area contributed by atoms with Crippen LogP contribution in [0, 0.1) is 0 Å². The molecule has 0 saturated heterocycles. The number of aromatic nitrogens is 3. The van der Waals surface area contributed by atoms with E-state index in [4.69, 9.17) is 11.6 Å². The third kappa shape index (κ3) is 1.57. The summed E-state index contributed by atoms with van der Waals surface area (Å²) in [6, 6.07) is 1.80. The normalized spacial score (nSPS) is 10.9. The Kier molecular flexibility index (Phi) is 2.36. The van der Waals surface area contributed by atoms with Crippen molar-refractivity contribution >= 4 is 39.1 Å². The number of anilines is 1. The van der Waals surface area contributed by atoms with Crippen LogP contribution in [0.25, 0.3) is 5.65 Å². The molecule has 0 aliphatic heterocycles. The predicted molar refractivity (Wildman–Crippen MR) is 60.0 cm³/mol. The average Bonchev–Trinajstić information content (AvgIpc) is 2.47. The first-order chi connectivity index (χ1) is 6.58. The van der Waals surface area contributed by atoms with E-state index in [1.807, 2.05) is 25.2 Å². The van der Waals surface area contributed by atoms with Gasteiger partial charge < -0.3 is 4.90 Å². The molecule has 6 heteroatoms. The minimum Gasteiger partial charge on any atom is -0.346 e. The second-order valence-corrected chi connectivity index (χ2v) is 4.40. The lowest BCUT2D eigenvalue weighted by Gasteiger charge is -2.03. The van der Waals surface area contributed by atoms with Gasteiger partial charge in [-0.15, -0.1) is 5.10 Å². The molecule has 14 heavy (non-hydrogen) atoms. The molecule has 0 aliphatic carbocycles. The summed E-state index contributed by atoms with van der Waals surface area (Å²) in [5.74, 6) is 0.644. The van der Waals surface area contributed by atoms with Gasteiger partial charge in [0.1, 0.15) is 0 Å². The zero-order valence-corrected chi connectivity index (χ0v) is 10.0. The largest absolute Gasteiger partial charge is 0.346 e. The summed E-state index contributed by atoms with van der Waals surface area (Å²) in [5.41, 5.74) is 0.665. The molecule has 2 aromatic rings. The van der Waals surface area contributed by atoms with Gasteiger partial charge in [-0.3, -0.25) is 0 Å². The second kappa shape index (κ2) is 3.40. The van der Waals surface area contributed by atoms with Gasteiger partial charge in [0.15, 0.2) is 5.65 Å². The van der Waals surface area contributed by atoms with Crippen LogP contribution in [0.4, 0.5) is 5.95 Å². The molecule has 0 atom stereocenters. The van der Waals surface area contributed by atoms with Gasteiger partial charge in [0, 0.05) is 24.8 Å². The lowest BCUT2D eigenvalue weighted by atomic mass is 10.5. The summed E-state index contributed by atoms with van der Waals surface area (Å²) < 4.78 is 2.53. The van der Waals surface area contributed by atoms with Gasteiger partial charge >= 0.3 is 0 Å². The van der Waals surface area contributed by atoms with Crippen LogP contribution in [0.5, 0.6) is 0 Å². The summed E-state index contributed by atoms with van der Waals surface area (Å²) in [6.45, 7) is 0. The Morgan fingerprint density at radius 2 is 2.21 bits per heavy atom. The fraction of sp³-hybridized carbons (Fsp3) is 0.250. The van der Waals surface area contributed by atoms with Crippen molar-refractivity contribution in [2.45, 2.75) is 0 Å². The van der Waals surface area contributed by atoms with Gasteiger partial charge in [0.2, 0.25) is 5.95 Å². The molecular weight excluding hydrogens is 267 g/mol. The molecule has 0 unspecified atom stereocenters. The third-order valence-corrected chi connectivity index (χ3v) is 2.46. The Bertz CT molecular complexity index is 479. The topological polar surface area (TPSA) is 33.4 Å². The Morgan fingerprint density at radius 3 is 2.86 bits per heavy atom. The first-order valence-corrected chi connectivity index (χ1v) is 5.14. The van der Waals surface area contributed by atoms with Crippen LogP contribution in [0.2, 0.25) is 5.02 Å². The van der Waals surface area contributed by atoms with Crippen molar-refractivity contribution in [2.75, 3.05) is 19.0 Å². The molecule has 0 radical (unpaired) electrons. The monoisotopic (exact) mass is 274 g/mol. The van der Waals surface area contributed by atoms with Gasteiger partial charge in [0.25, 0.3) is 0 Å². The number of nitrogens with zero attached hydrogens (tertiary/aromatic N) is 4. The van der Waals surface area contributed by atoms with Gasteiger partial charge in [-0.2, -0.15) is 4.98 Å². The van der Waals surface area contributed by atoms with E-state index >= 15 is 0 Å². The fourth-order valence-electron chi connectivity index (χ4n) is 1.09. The van der Waals surface area contributed by atoms with Crippen LogP contribution in [0.15, 0.2) is 16.7 Å². The Labute approximate surface area is 94.6 Å². The molecule has 0 saturated carbocycles. The minimum absolute atomic E-state index is 0.583. The number of hydrogen-bond donors (Lipinski definition) is 0. The highest BCUT2D eigenvalue weighted by Gasteiger charge is 2.08. The molecule has 74 valence electrons. The summed E-state index contributed by atoms with van der Waals surface area (Å²) in [4.78, 5) is 6.11. The molecule has 2 rings (SSSR count). The van der Waals surface area contributed by atoms with E-state index in [0.29, 0.717) is 16.6 Å². The molecule has 0 N–H and O–H groups in total. The standard InChI is InChI=1S/C8H8BrClN4/c1-13(2)8-11-7-6(10)3-5(9)4-14(7)12-8/h3-4H,1-2H3. The van der Waals surface area contributed by atoms with E-state index in [0.717, 1.165) is 4.47 Å². The molecule has 0 spiro atoms. The highest BCUT2D eigenvalue weighted by molar-refractivity contribution is 9.10. The van der Waals surface area contributed by atoms with Crippen LogP contribution < -0.4 is 4.90 Å². The molecular formula is C8H8BrClN4. The van der Waals surface area contributed by atoms with E-state index in [1.165, 1.54) is 0 Å². The molecule has 0 fully saturated rings. The fourth-order valence-corrected chi connectivity index (χ4v) is 1.90. The second-order valence-electron chi connectivity index (χ2n) is 3.08. The van der Waals surface area contributed by atoms with Crippen LogP contribution in [-0.4, -0.2) is 28.7 Å². The Balaban J connectivity index is 2.70. The number of halogens is 2. The van der Waals surface area contributed by atoms with E-state index in [1.54, 1.807) is 10.6 Å². The van der Waals surface area contributed by atoms with Crippen LogP contribution in [0.1, 0.15) is 0 Å². The lowest BCUT2D eigenvalue weighted by Crippen LogP contribution is -2.10. The maximum Gasteiger partial charge on any atom is 0.245 e. The highest BCUT2D eigenvalue weighted by atomic mass is 79.9. The Morgan fingerprint density at radius 1 is 1.50 bits per heavy atom. The molecule has 2 aromatic heterocycles. The van der Waals surface area contributed by atoms with E-state index in [2.05, 4.69) is 26.0 Å². The number of fused-ring (bicyclic) bond motifs is 1. The number of pyridine rings is 1. The van der Waals surface area contributed by atoms with E-state index in [9.17, 15) is 0 Å². The Hall–Kier alpha value is -0.810. The summed E-state index contributed by atoms with van der Waals surface area (Å²) in [6.07, 6.45) is 1.82. The zero-order chi connectivity index (χ0) is 10.3.